The van der Waals surface area contributed by atoms with Crippen molar-refractivity contribution in [2.45, 2.75) is 13.5 Å². The van der Waals surface area contributed by atoms with Gasteiger partial charge in [0.05, 0.1) is 18.7 Å². The molecule has 1 aromatic carbocycles. The van der Waals surface area contributed by atoms with Crippen LogP contribution in [0.5, 0.6) is 0 Å². The molecule has 0 unspecified atom stereocenters. The van der Waals surface area contributed by atoms with Crippen molar-refractivity contribution in [3.8, 4) is 0 Å². The molecule has 1 aliphatic rings. The molecule has 0 bridgehead atoms. The van der Waals surface area contributed by atoms with Crippen LogP contribution in [0.4, 0.5) is 4.39 Å². The topological polar surface area (TPSA) is 74.6 Å². The van der Waals surface area contributed by atoms with Gasteiger partial charge in [0.15, 0.2) is 0 Å². The molecule has 0 aliphatic carbocycles. The van der Waals surface area contributed by atoms with Gasteiger partial charge in [-0.3, -0.25) is 14.5 Å². The molecule has 156 valence electrons. The zero-order valence-corrected chi connectivity index (χ0v) is 17.5. The number of rotatable bonds is 5. The van der Waals surface area contributed by atoms with Crippen LogP contribution in [0.1, 0.15) is 22.0 Å². The molecular formula is C19H24ClFN6O2. The molecule has 29 heavy (non-hydrogen) atoms. The minimum Gasteiger partial charge on any atom is -0.338 e. The molecule has 2 heterocycles. The van der Waals surface area contributed by atoms with Crippen LogP contribution in [-0.4, -0.2) is 81.1 Å². The van der Waals surface area contributed by atoms with Gasteiger partial charge in [-0.15, -0.1) is 10.2 Å². The molecule has 2 aromatic rings. The maximum atomic E-state index is 13.9. The predicted octanol–water partition coefficient (Wildman–Crippen LogP) is 1.33. The zero-order chi connectivity index (χ0) is 21.1. The Morgan fingerprint density at radius 1 is 1.17 bits per heavy atom. The molecule has 1 aliphatic heterocycles. The van der Waals surface area contributed by atoms with Crippen molar-refractivity contribution in [1.82, 2.24) is 29.5 Å². The highest BCUT2D eigenvalue weighted by molar-refractivity contribution is 6.31. The van der Waals surface area contributed by atoms with Crippen LogP contribution in [0.2, 0.25) is 5.02 Å². The summed E-state index contributed by atoms with van der Waals surface area (Å²) in [5.41, 5.74) is -0.0454. The van der Waals surface area contributed by atoms with Gasteiger partial charge in [-0.1, -0.05) is 11.6 Å². The van der Waals surface area contributed by atoms with Gasteiger partial charge in [0.2, 0.25) is 5.91 Å². The summed E-state index contributed by atoms with van der Waals surface area (Å²) >= 11 is 5.88. The third kappa shape index (κ3) is 4.91. The molecular weight excluding hydrogens is 399 g/mol. The number of carbonyl (C=O) groups excluding carboxylic acids is 2. The number of hydrogen-bond donors (Lipinski definition) is 0. The number of likely N-dealkylation sites (N-methyl/N-ethyl adjacent to an activating group) is 1. The van der Waals surface area contributed by atoms with Gasteiger partial charge >= 0.3 is 0 Å². The van der Waals surface area contributed by atoms with E-state index in [1.807, 2.05) is 30.5 Å². The summed E-state index contributed by atoms with van der Waals surface area (Å²) < 4.78 is 15.8. The van der Waals surface area contributed by atoms with Crippen LogP contribution in [0.3, 0.4) is 0 Å². The summed E-state index contributed by atoms with van der Waals surface area (Å²) in [6, 6.07) is 3.92. The minimum absolute atomic E-state index is 0.0209. The van der Waals surface area contributed by atoms with E-state index in [0.717, 1.165) is 11.6 Å². The number of aromatic nitrogens is 3. The van der Waals surface area contributed by atoms with Crippen molar-refractivity contribution in [3.63, 3.8) is 0 Å². The standard InChI is InChI=1S/C19H24ClFN6O2/c1-13-22-23-17(25(13)3)11-24(2)12-18(28)26-6-8-27(9-7-26)19(29)15-10-14(20)4-5-16(15)21/h4-5,10H,6-9,11-12H2,1-3H3. The second kappa shape index (κ2) is 8.87. The molecule has 0 spiro atoms. The number of benzene rings is 1. The summed E-state index contributed by atoms with van der Waals surface area (Å²) in [5.74, 6) is 0.575. The number of carbonyl (C=O) groups is 2. The minimum atomic E-state index is -0.599. The van der Waals surface area contributed by atoms with Gasteiger partial charge in [-0.2, -0.15) is 0 Å². The molecule has 2 amide bonds. The van der Waals surface area contributed by atoms with Crippen LogP contribution in [0.15, 0.2) is 18.2 Å². The lowest BCUT2D eigenvalue weighted by molar-refractivity contribution is -0.133. The fourth-order valence-electron chi connectivity index (χ4n) is 3.21. The van der Waals surface area contributed by atoms with Crippen LogP contribution in [0, 0.1) is 12.7 Å². The Kier molecular flexibility index (Phi) is 6.49. The second-order valence-corrected chi connectivity index (χ2v) is 7.63. The lowest BCUT2D eigenvalue weighted by Gasteiger charge is -2.35. The molecule has 8 nitrogen and oxygen atoms in total. The predicted molar refractivity (Wildman–Crippen MR) is 106 cm³/mol. The number of halogens is 2. The molecule has 0 saturated carbocycles. The normalized spacial score (nSPS) is 14.6. The number of piperazine rings is 1. The Balaban J connectivity index is 1.52. The summed E-state index contributed by atoms with van der Waals surface area (Å²) in [6.45, 7) is 4.13. The maximum absolute atomic E-state index is 13.9. The highest BCUT2D eigenvalue weighted by Gasteiger charge is 2.27. The lowest BCUT2D eigenvalue weighted by Crippen LogP contribution is -2.52. The monoisotopic (exact) mass is 422 g/mol. The molecule has 3 rings (SSSR count). The fraction of sp³-hybridized carbons (Fsp3) is 0.474. The van der Waals surface area contributed by atoms with Crippen LogP contribution < -0.4 is 0 Å². The van der Waals surface area contributed by atoms with E-state index in [0.29, 0.717) is 37.7 Å². The summed E-state index contributed by atoms with van der Waals surface area (Å²) in [7, 11) is 3.74. The first-order valence-electron chi connectivity index (χ1n) is 9.31. The highest BCUT2D eigenvalue weighted by atomic mass is 35.5. The Morgan fingerprint density at radius 3 is 2.45 bits per heavy atom. The summed E-state index contributed by atoms with van der Waals surface area (Å²) in [5, 5.41) is 8.44. The number of amides is 2. The highest BCUT2D eigenvalue weighted by Crippen LogP contribution is 2.18. The van der Waals surface area contributed by atoms with E-state index in [-0.39, 0.29) is 18.0 Å². The summed E-state index contributed by atoms with van der Waals surface area (Å²) in [4.78, 5) is 30.3. The van der Waals surface area contributed by atoms with Crippen molar-refractivity contribution in [1.29, 1.82) is 0 Å². The maximum Gasteiger partial charge on any atom is 0.257 e. The molecule has 1 saturated heterocycles. The van der Waals surface area contributed by atoms with E-state index in [1.165, 1.54) is 18.2 Å². The van der Waals surface area contributed by atoms with Crippen molar-refractivity contribution < 1.29 is 14.0 Å². The number of nitrogens with zero attached hydrogens (tertiary/aromatic N) is 6. The second-order valence-electron chi connectivity index (χ2n) is 7.19. The molecule has 0 radical (unpaired) electrons. The quantitative estimate of drug-likeness (QED) is 0.726. The number of aryl methyl sites for hydroxylation is 1. The largest absolute Gasteiger partial charge is 0.338 e. The van der Waals surface area contributed by atoms with E-state index < -0.39 is 11.7 Å². The van der Waals surface area contributed by atoms with E-state index >= 15 is 0 Å². The van der Waals surface area contributed by atoms with E-state index in [9.17, 15) is 14.0 Å². The van der Waals surface area contributed by atoms with E-state index in [1.54, 1.807) is 9.80 Å². The molecule has 10 heteroatoms. The van der Waals surface area contributed by atoms with Crippen LogP contribution in [0.25, 0.3) is 0 Å². The average molecular weight is 423 g/mol. The van der Waals surface area contributed by atoms with Crippen LogP contribution in [-0.2, 0) is 18.4 Å². The van der Waals surface area contributed by atoms with Crippen molar-refractivity contribution in [3.05, 3.63) is 46.3 Å². The van der Waals surface area contributed by atoms with E-state index in [2.05, 4.69) is 10.2 Å². The Morgan fingerprint density at radius 2 is 1.83 bits per heavy atom. The first-order valence-corrected chi connectivity index (χ1v) is 9.69. The average Bonchev–Trinajstić information content (AvgIpc) is 3.01. The van der Waals surface area contributed by atoms with Gasteiger partial charge < -0.3 is 14.4 Å². The first-order chi connectivity index (χ1) is 13.8. The zero-order valence-electron chi connectivity index (χ0n) is 16.7. The van der Waals surface area contributed by atoms with Gasteiger partial charge in [0.1, 0.15) is 17.5 Å². The smallest absolute Gasteiger partial charge is 0.257 e. The SMILES string of the molecule is Cc1nnc(CN(C)CC(=O)N2CCN(C(=O)c3cc(Cl)ccc3F)CC2)n1C. The number of hydrogen-bond acceptors (Lipinski definition) is 5. The first kappa shape index (κ1) is 21.2. The Hall–Kier alpha value is -2.52. The van der Waals surface area contributed by atoms with E-state index in [4.69, 9.17) is 11.6 Å². The Bertz CT molecular complexity index is 910. The molecule has 0 atom stereocenters. The lowest BCUT2D eigenvalue weighted by atomic mass is 10.1. The van der Waals surface area contributed by atoms with Gasteiger partial charge in [-0.25, -0.2) is 4.39 Å². The van der Waals surface area contributed by atoms with Crippen molar-refractivity contribution >= 4 is 23.4 Å². The van der Waals surface area contributed by atoms with Gasteiger partial charge in [0.25, 0.3) is 5.91 Å². The fourth-order valence-corrected chi connectivity index (χ4v) is 3.38. The third-order valence-corrected chi connectivity index (χ3v) is 5.31. The molecule has 1 fully saturated rings. The van der Waals surface area contributed by atoms with Crippen molar-refractivity contribution in [2.75, 3.05) is 39.8 Å². The van der Waals surface area contributed by atoms with Gasteiger partial charge in [-0.05, 0) is 32.2 Å². The Labute approximate surface area is 173 Å². The third-order valence-electron chi connectivity index (χ3n) is 5.08. The summed E-state index contributed by atoms with van der Waals surface area (Å²) in [6.07, 6.45) is 0. The van der Waals surface area contributed by atoms with Crippen molar-refractivity contribution in [2.24, 2.45) is 7.05 Å². The van der Waals surface area contributed by atoms with Crippen LogP contribution >= 0.6 is 11.6 Å². The van der Waals surface area contributed by atoms with Gasteiger partial charge in [0, 0.05) is 38.2 Å². The molecule has 1 aromatic heterocycles. The molecule has 0 N–H and O–H groups in total.